The summed E-state index contributed by atoms with van der Waals surface area (Å²) in [6.45, 7) is 3.28. The molecule has 6 nitrogen and oxygen atoms in total. The molecule has 0 radical (unpaired) electrons. The number of nitrogens with one attached hydrogen (secondary N) is 2. The zero-order chi connectivity index (χ0) is 23.3. The van der Waals surface area contributed by atoms with Crippen LogP contribution in [0, 0.1) is 11.3 Å². The molecule has 2 N–H and O–H groups in total. The molecular weight excluding hydrogens is 446 g/mol. The van der Waals surface area contributed by atoms with Gasteiger partial charge in [0, 0.05) is 28.0 Å². The number of ether oxygens (including phenoxy) is 1. The predicted molar refractivity (Wildman–Crippen MR) is 127 cm³/mol. The van der Waals surface area contributed by atoms with Gasteiger partial charge < -0.3 is 15.4 Å². The van der Waals surface area contributed by atoms with E-state index in [9.17, 15) is 14.9 Å². The number of hydrogen-bond donors (Lipinski definition) is 2. The van der Waals surface area contributed by atoms with Gasteiger partial charge in [-0.05, 0) is 43.7 Å². The molecule has 0 aliphatic carbocycles. The maximum absolute atomic E-state index is 12.5. The third kappa shape index (κ3) is 5.34. The summed E-state index contributed by atoms with van der Waals surface area (Å²) < 4.78 is 5.17. The van der Waals surface area contributed by atoms with Crippen molar-refractivity contribution in [3.05, 3.63) is 81.0 Å². The number of Topliss-reactive ketones (excluding diaryl/α,β-unsaturated/α-hetero) is 1. The van der Waals surface area contributed by atoms with Crippen molar-refractivity contribution in [1.82, 2.24) is 5.32 Å². The fraction of sp³-hybridized carbons (Fsp3) is 0.208. The number of nitriles is 1. The van der Waals surface area contributed by atoms with E-state index in [-0.39, 0.29) is 17.4 Å². The summed E-state index contributed by atoms with van der Waals surface area (Å²) >= 11 is 7.24. The molecule has 0 saturated carbocycles. The van der Waals surface area contributed by atoms with Gasteiger partial charge in [0.05, 0.1) is 35.5 Å². The number of ketones is 1. The molecule has 3 rings (SSSR count). The van der Waals surface area contributed by atoms with Crippen LogP contribution in [0.3, 0.4) is 0 Å². The van der Waals surface area contributed by atoms with E-state index in [0.717, 1.165) is 5.56 Å². The summed E-state index contributed by atoms with van der Waals surface area (Å²) in [5.74, 6) is -0.151. The monoisotopic (exact) mass is 467 g/mol. The number of halogens is 1. The van der Waals surface area contributed by atoms with Gasteiger partial charge in [0.2, 0.25) is 5.91 Å². The lowest BCUT2D eigenvalue weighted by molar-refractivity contribution is -0.114. The lowest BCUT2D eigenvalue weighted by Gasteiger charge is -2.29. The predicted octanol–water partition coefficient (Wildman–Crippen LogP) is 5.01. The van der Waals surface area contributed by atoms with Crippen molar-refractivity contribution in [2.45, 2.75) is 19.8 Å². The molecule has 0 unspecified atom stereocenters. The Labute approximate surface area is 196 Å². The SMILES string of the molecule is COc1cccc(NC(=O)CSC2=C(C#N)[C@H](c3ccc(Cl)cc3)C(C(C)=O)=C(C)N2)c1. The van der Waals surface area contributed by atoms with Crippen molar-refractivity contribution < 1.29 is 14.3 Å². The minimum absolute atomic E-state index is 0.0841. The summed E-state index contributed by atoms with van der Waals surface area (Å²) in [4.78, 5) is 24.9. The Hall–Kier alpha value is -3.21. The van der Waals surface area contributed by atoms with Gasteiger partial charge in [0.15, 0.2) is 5.78 Å². The first-order valence-electron chi connectivity index (χ1n) is 9.79. The van der Waals surface area contributed by atoms with Gasteiger partial charge in [-0.1, -0.05) is 41.6 Å². The average Bonchev–Trinajstić information content (AvgIpc) is 2.77. The molecule has 0 spiro atoms. The van der Waals surface area contributed by atoms with Crippen molar-refractivity contribution in [3.8, 4) is 11.8 Å². The van der Waals surface area contributed by atoms with E-state index in [1.54, 1.807) is 50.4 Å². The maximum Gasteiger partial charge on any atom is 0.234 e. The van der Waals surface area contributed by atoms with Gasteiger partial charge in [-0.3, -0.25) is 9.59 Å². The number of benzene rings is 2. The Kier molecular flexibility index (Phi) is 7.62. The fourth-order valence-electron chi connectivity index (χ4n) is 3.52. The van der Waals surface area contributed by atoms with Crippen molar-refractivity contribution in [3.63, 3.8) is 0 Å². The minimum atomic E-state index is -0.528. The molecule has 1 heterocycles. The minimum Gasteiger partial charge on any atom is -0.497 e. The molecule has 2 aromatic carbocycles. The quantitative estimate of drug-likeness (QED) is 0.595. The van der Waals surface area contributed by atoms with E-state index >= 15 is 0 Å². The molecule has 0 fully saturated rings. The van der Waals surface area contributed by atoms with Crippen molar-refractivity contribution in [1.29, 1.82) is 5.26 Å². The number of amides is 1. The second-order valence-corrected chi connectivity index (χ2v) is 8.55. The third-order valence-electron chi connectivity index (χ3n) is 4.93. The van der Waals surface area contributed by atoms with Crippen LogP contribution in [0.2, 0.25) is 5.02 Å². The highest BCUT2D eigenvalue weighted by Gasteiger charge is 2.33. The molecule has 164 valence electrons. The van der Waals surface area contributed by atoms with Crippen LogP contribution in [0.5, 0.6) is 5.75 Å². The summed E-state index contributed by atoms with van der Waals surface area (Å²) in [7, 11) is 1.56. The second kappa shape index (κ2) is 10.4. The smallest absolute Gasteiger partial charge is 0.234 e. The van der Waals surface area contributed by atoms with Gasteiger partial charge in [-0.15, -0.1) is 0 Å². The van der Waals surface area contributed by atoms with Crippen LogP contribution < -0.4 is 15.4 Å². The number of carbonyl (C=O) groups is 2. The normalized spacial score (nSPS) is 15.7. The Balaban J connectivity index is 1.85. The number of carbonyl (C=O) groups excluding carboxylic acids is 2. The van der Waals surface area contributed by atoms with Gasteiger partial charge in [-0.25, -0.2) is 0 Å². The average molecular weight is 468 g/mol. The lowest BCUT2D eigenvalue weighted by Crippen LogP contribution is -2.27. The standard InChI is InChI=1S/C24H22ClN3O3S/c1-14-22(15(2)29)23(16-7-9-17(25)10-8-16)20(12-26)24(27-14)32-13-21(30)28-18-5-4-6-19(11-18)31-3/h4-11,23,27H,13H2,1-3H3,(H,28,30)/t23-/m0/s1. The van der Waals surface area contributed by atoms with Crippen LogP contribution in [-0.4, -0.2) is 24.6 Å². The first-order chi connectivity index (χ1) is 15.3. The highest BCUT2D eigenvalue weighted by atomic mass is 35.5. The Bertz CT molecular complexity index is 1150. The zero-order valence-corrected chi connectivity index (χ0v) is 19.4. The largest absolute Gasteiger partial charge is 0.497 e. The summed E-state index contributed by atoms with van der Waals surface area (Å²) in [5, 5.41) is 17.0. The molecule has 1 aliphatic heterocycles. The maximum atomic E-state index is 12.5. The van der Waals surface area contributed by atoms with Gasteiger partial charge in [0.25, 0.3) is 0 Å². The Morgan fingerprint density at radius 3 is 2.59 bits per heavy atom. The second-order valence-electron chi connectivity index (χ2n) is 7.13. The molecule has 1 atom stereocenters. The van der Waals surface area contributed by atoms with E-state index in [1.807, 2.05) is 12.1 Å². The molecule has 8 heteroatoms. The van der Waals surface area contributed by atoms with Crippen LogP contribution in [-0.2, 0) is 9.59 Å². The van der Waals surface area contributed by atoms with Gasteiger partial charge in [0.1, 0.15) is 5.75 Å². The number of hydrogen-bond acceptors (Lipinski definition) is 6. The van der Waals surface area contributed by atoms with Crippen LogP contribution in [0.25, 0.3) is 0 Å². The van der Waals surface area contributed by atoms with Gasteiger partial charge >= 0.3 is 0 Å². The first-order valence-corrected chi connectivity index (χ1v) is 11.2. The number of methoxy groups -OCH3 is 1. The van der Waals surface area contributed by atoms with Crippen LogP contribution in [0.15, 0.2) is 70.4 Å². The van der Waals surface area contributed by atoms with Crippen molar-refractivity contribution >= 4 is 40.7 Å². The van der Waals surface area contributed by atoms with Gasteiger partial charge in [-0.2, -0.15) is 5.26 Å². The number of dihydropyridines is 1. The molecule has 0 aromatic heterocycles. The molecule has 0 bridgehead atoms. The van der Waals surface area contributed by atoms with Crippen LogP contribution in [0.1, 0.15) is 25.3 Å². The number of rotatable bonds is 7. The van der Waals surface area contributed by atoms with E-state index in [2.05, 4.69) is 16.7 Å². The molecule has 0 saturated heterocycles. The van der Waals surface area contributed by atoms with Crippen LogP contribution in [0.4, 0.5) is 5.69 Å². The number of allylic oxidation sites excluding steroid dienone is 3. The van der Waals surface area contributed by atoms with Crippen molar-refractivity contribution in [2.75, 3.05) is 18.2 Å². The summed E-state index contributed by atoms with van der Waals surface area (Å²) in [6.07, 6.45) is 0. The van der Waals surface area contributed by atoms with E-state index < -0.39 is 5.92 Å². The summed E-state index contributed by atoms with van der Waals surface area (Å²) in [6, 6.07) is 16.4. The van der Waals surface area contributed by atoms with E-state index in [1.165, 1.54) is 18.7 Å². The third-order valence-corrected chi connectivity index (χ3v) is 6.20. The number of anilines is 1. The highest BCUT2D eigenvalue weighted by molar-refractivity contribution is 8.03. The Morgan fingerprint density at radius 1 is 1.25 bits per heavy atom. The Morgan fingerprint density at radius 2 is 1.97 bits per heavy atom. The summed E-state index contributed by atoms with van der Waals surface area (Å²) in [5.41, 5.74) is 2.98. The topological polar surface area (TPSA) is 91.2 Å². The lowest BCUT2D eigenvalue weighted by atomic mass is 9.81. The number of nitrogens with zero attached hydrogens (tertiary/aromatic N) is 1. The molecule has 1 amide bonds. The van der Waals surface area contributed by atoms with Crippen molar-refractivity contribution in [2.24, 2.45) is 0 Å². The zero-order valence-electron chi connectivity index (χ0n) is 17.9. The molecule has 1 aliphatic rings. The first kappa shape index (κ1) is 23.5. The van der Waals surface area contributed by atoms with E-state index in [0.29, 0.717) is 38.3 Å². The number of thioether (sulfide) groups is 1. The fourth-order valence-corrected chi connectivity index (χ4v) is 4.54. The molecular formula is C24H22ClN3O3S. The molecule has 32 heavy (non-hydrogen) atoms. The molecule has 2 aromatic rings. The highest BCUT2D eigenvalue weighted by Crippen LogP contribution is 2.41. The van der Waals surface area contributed by atoms with E-state index in [4.69, 9.17) is 16.3 Å². The van der Waals surface area contributed by atoms with Crippen LogP contribution >= 0.6 is 23.4 Å².